The molecule has 1 saturated heterocycles. The molecule has 3 rings (SSSR count). The van der Waals surface area contributed by atoms with E-state index in [1.54, 1.807) is 12.1 Å². The third kappa shape index (κ3) is 5.55. The number of anilines is 1. The summed E-state index contributed by atoms with van der Waals surface area (Å²) in [4.78, 5) is 12.7. The number of sulfonamides is 1. The minimum absolute atomic E-state index is 0.0110. The summed E-state index contributed by atoms with van der Waals surface area (Å²) in [5.74, 6) is -1.69. The summed E-state index contributed by atoms with van der Waals surface area (Å²) in [7, 11) is -3.53. The Morgan fingerprint density at radius 1 is 1.10 bits per heavy atom. The number of nitrogens with one attached hydrogen (secondary N) is 1. The van der Waals surface area contributed by atoms with Crippen molar-refractivity contribution in [3.63, 3.8) is 0 Å². The van der Waals surface area contributed by atoms with Crippen molar-refractivity contribution in [1.29, 1.82) is 0 Å². The molecule has 156 valence electrons. The van der Waals surface area contributed by atoms with Gasteiger partial charge in [-0.2, -0.15) is 4.31 Å². The number of benzene rings is 2. The molecule has 0 saturated carbocycles. The zero-order valence-electron chi connectivity index (χ0n) is 15.9. The van der Waals surface area contributed by atoms with Gasteiger partial charge in [-0.25, -0.2) is 17.2 Å². The number of nitrogens with zero attached hydrogens (tertiary/aromatic N) is 1. The van der Waals surface area contributed by atoms with Crippen molar-refractivity contribution in [3.05, 3.63) is 54.1 Å². The summed E-state index contributed by atoms with van der Waals surface area (Å²) >= 11 is 1.08. The van der Waals surface area contributed by atoms with Gasteiger partial charge in [0.25, 0.3) is 0 Å². The maximum atomic E-state index is 13.2. The van der Waals surface area contributed by atoms with Crippen LogP contribution in [0.15, 0.2) is 52.3 Å². The lowest BCUT2D eigenvalue weighted by Gasteiger charge is -2.29. The van der Waals surface area contributed by atoms with E-state index in [0.29, 0.717) is 29.6 Å². The summed E-state index contributed by atoms with van der Waals surface area (Å²) in [5.41, 5.74) is 0.465. The second kappa shape index (κ2) is 9.23. The van der Waals surface area contributed by atoms with Crippen LogP contribution in [0.4, 0.5) is 14.5 Å². The van der Waals surface area contributed by atoms with E-state index in [2.05, 4.69) is 12.2 Å². The molecule has 2 aromatic rings. The molecule has 1 aliphatic heterocycles. The molecular weight excluding hydrogens is 418 g/mol. The van der Waals surface area contributed by atoms with Gasteiger partial charge in [0.05, 0.1) is 10.6 Å². The van der Waals surface area contributed by atoms with Crippen LogP contribution in [0.1, 0.15) is 19.8 Å². The van der Waals surface area contributed by atoms with E-state index in [4.69, 9.17) is 0 Å². The number of thioether (sulfide) groups is 1. The molecule has 0 aromatic heterocycles. The number of carbonyl (C=O) groups excluding carboxylic acids is 1. The average Bonchev–Trinajstić information content (AvgIpc) is 2.70. The zero-order valence-corrected chi connectivity index (χ0v) is 17.5. The van der Waals surface area contributed by atoms with Crippen LogP contribution in [-0.4, -0.2) is 37.5 Å². The Labute approximate surface area is 173 Å². The molecule has 1 amide bonds. The molecule has 0 bridgehead atoms. The van der Waals surface area contributed by atoms with Crippen LogP contribution in [0.2, 0.25) is 0 Å². The molecule has 29 heavy (non-hydrogen) atoms. The van der Waals surface area contributed by atoms with E-state index < -0.39 is 21.7 Å². The fourth-order valence-electron chi connectivity index (χ4n) is 3.00. The van der Waals surface area contributed by atoms with Crippen LogP contribution >= 0.6 is 11.8 Å². The number of piperidine rings is 1. The standard InChI is InChI=1S/C20H22F2N2O3S2/c1-14-8-10-24(11-9-14)29(26,27)17-5-2-15(3-6-17)23-20(25)13-28-16-4-7-18(21)19(22)12-16/h2-7,12,14H,8-11,13H2,1H3,(H,23,25). The van der Waals surface area contributed by atoms with Crippen molar-refractivity contribution in [3.8, 4) is 0 Å². The van der Waals surface area contributed by atoms with Crippen molar-refractivity contribution < 1.29 is 22.0 Å². The molecule has 1 heterocycles. The van der Waals surface area contributed by atoms with Gasteiger partial charge in [-0.15, -0.1) is 11.8 Å². The van der Waals surface area contributed by atoms with Crippen LogP contribution in [0, 0.1) is 17.6 Å². The summed E-state index contributed by atoms with van der Waals surface area (Å²) in [6, 6.07) is 9.49. The first-order valence-corrected chi connectivity index (χ1v) is 11.7. The Hall–Kier alpha value is -1.97. The Kier molecular flexibility index (Phi) is 6.92. The van der Waals surface area contributed by atoms with Crippen molar-refractivity contribution >= 4 is 33.4 Å². The second-order valence-electron chi connectivity index (χ2n) is 7.02. The van der Waals surface area contributed by atoms with E-state index in [1.807, 2.05) is 0 Å². The van der Waals surface area contributed by atoms with E-state index in [0.717, 1.165) is 36.7 Å². The largest absolute Gasteiger partial charge is 0.325 e. The molecule has 0 unspecified atom stereocenters. The first-order valence-electron chi connectivity index (χ1n) is 9.23. The van der Waals surface area contributed by atoms with Crippen LogP contribution < -0.4 is 5.32 Å². The Morgan fingerprint density at radius 2 is 1.76 bits per heavy atom. The van der Waals surface area contributed by atoms with Crippen molar-refractivity contribution in [2.24, 2.45) is 5.92 Å². The van der Waals surface area contributed by atoms with Gasteiger partial charge in [0.15, 0.2) is 11.6 Å². The lowest BCUT2D eigenvalue weighted by molar-refractivity contribution is -0.113. The topological polar surface area (TPSA) is 66.5 Å². The second-order valence-corrected chi connectivity index (χ2v) is 10.0. The Morgan fingerprint density at radius 3 is 2.38 bits per heavy atom. The lowest BCUT2D eigenvalue weighted by Crippen LogP contribution is -2.37. The lowest BCUT2D eigenvalue weighted by atomic mass is 10.0. The van der Waals surface area contributed by atoms with Crippen LogP contribution in [-0.2, 0) is 14.8 Å². The van der Waals surface area contributed by atoms with Gasteiger partial charge >= 0.3 is 0 Å². The Bertz CT molecular complexity index is 974. The molecule has 5 nitrogen and oxygen atoms in total. The third-order valence-corrected chi connectivity index (χ3v) is 7.69. The molecule has 2 aromatic carbocycles. The fourth-order valence-corrected chi connectivity index (χ4v) is 5.19. The normalized spacial score (nSPS) is 16.0. The van der Waals surface area contributed by atoms with Gasteiger partial charge < -0.3 is 5.32 Å². The van der Waals surface area contributed by atoms with Crippen LogP contribution in [0.25, 0.3) is 0 Å². The van der Waals surface area contributed by atoms with Gasteiger partial charge in [-0.05, 0) is 61.2 Å². The minimum atomic E-state index is -3.53. The smallest absolute Gasteiger partial charge is 0.243 e. The predicted molar refractivity (Wildman–Crippen MR) is 109 cm³/mol. The van der Waals surface area contributed by atoms with E-state index in [9.17, 15) is 22.0 Å². The van der Waals surface area contributed by atoms with Crippen LogP contribution in [0.3, 0.4) is 0 Å². The van der Waals surface area contributed by atoms with E-state index in [1.165, 1.54) is 22.5 Å². The van der Waals surface area contributed by atoms with Gasteiger partial charge in [0, 0.05) is 23.7 Å². The van der Waals surface area contributed by atoms with E-state index in [-0.39, 0.29) is 16.6 Å². The SMILES string of the molecule is CC1CCN(S(=O)(=O)c2ccc(NC(=O)CSc3ccc(F)c(F)c3)cc2)CC1. The van der Waals surface area contributed by atoms with Crippen molar-refractivity contribution in [1.82, 2.24) is 4.31 Å². The highest BCUT2D eigenvalue weighted by atomic mass is 32.2. The fraction of sp³-hybridized carbons (Fsp3) is 0.350. The first kappa shape index (κ1) is 21.7. The van der Waals surface area contributed by atoms with Crippen molar-refractivity contribution in [2.75, 3.05) is 24.2 Å². The average molecular weight is 441 g/mol. The third-order valence-electron chi connectivity index (χ3n) is 4.78. The van der Waals surface area contributed by atoms with Gasteiger partial charge in [0.2, 0.25) is 15.9 Å². The maximum absolute atomic E-state index is 13.2. The quantitative estimate of drug-likeness (QED) is 0.687. The molecule has 1 aliphatic rings. The molecule has 1 fully saturated rings. The highest BCUT2D eigenvalue weighted by Gasteiger charge is 2.27. The number of hydrogen-bond donors (Lipinski definition) is 1. The molecule has 0 atom stereocenters. The Balaban J connectivity index is 1.57. The molecular formula is C20H22F2N2O3S2. The zero-order chi connectivity index (χ0) is 21.0. The number of rotatable bonds is 6. The molecule has 0 aliphatic carbocycles. The molecule has 9 heteroatoms. The highest BCUT2D eigenvalue weighted by molar-refractivity contribution is 8.00. The van der Waals surface area contributed by atoms with E-state index >= 15 is 0 Å². The van der Waals surface area contributed by atoms with Crippen LogP contribution in [0.5, 0.6) is 0 Å². The van der Waals surface area contributed by atoms with Gasteiger partial charge in [-0.3, -0.25) is 4.79 Å². The minimum Gasteiger partial charge on any atom is -0.325 e. The number of amides is 1. The monoisotopic (exact) mass is 440 g/mol. The first-order chi connectivity index (χ1) is 13.8. The summed E-state index contributed by atoms with van der Waals surface area (Å²) in [6.07, 6.45) is 1.70. The van der Waals surface area contributed by atoms with Gasteiger partial charge in [-0.1, -0.05) is 6.92 Å². The number of carbonyl (C=O) groups is 1. The molecule has 0 radical (unpaired) electrons. The highest BCUT2D eigenvalue weighted by Crippen LogP contribution is 2.25. The number of hydrogen-bond acceptors (Lipinski definition) is 4. The van der Waals surface area contributed by atoms with Gasteiger partial charge in [0.1, 0.15) is 0 Å². The predicted octanol–water partition coefficient (Wildman–Crippen LogP) is 4.12. The maximum Gasteiger partial charge on any atom is 0.243 e. The van der Waals surface area contributed by atoms with Crippen molar-refractivity contribution in [2.45, 2.75) is 29.6 Å². The summed E-state index contributed by atoms with van der Waals surface area (Å²) in [6.45, 7) is 3.15. The molecule has 1 N–H and O–H groups in total. The molecule has 0 spiro atoms. The number of halogens is 2. The summed E-state index contributed by atoms with van der Waals surface area (Å²) < 4.78 is 53.1. The summed E-state index contributed by atoms with van der Waals surface area (Å²) in [5, 5.41) is 2.67.